The molecule has 2 rings (SSSR count). The molecule has 2 bridgehead atoms. The van der Waals surface area contributed by atoms with Gasteiger partial charge in [-0.2, -0.15) is 21.6 Å². The number of ether oxygens (including phenoxy) is 2. The SMILES string of the molecule is CC12CC(CCC1(C)OC(=O)C(F)(C(F)(F)F)S(=O)(=O)O)C(=O)O2. The van der Waals surface area contributed by atoms with E-state index in [2.05, 4.69) is 4.74 Å². The Balaban J connectivity index is 2.39. The van der Waals surface area contributed by atoms with E-state index in [-0.39, 0.29) is 19.3 Å². The third-order valence-corrected chi connectivity index (χ3v) is 5.79. The summed E-state index contributed by atoms with van der Waals surface area (Å²) in [4.78, 5) is 23.3. The molecule has 4 unspecified atom stereocenters. The number of rotatable bonds is 3. The summed E-state index contributed by atoms with van der Waals surface area (Å²) >= 11 is 0. The highest BCUT2D eigenvalue weighted by molar-refractivity contribution is 7.88. The van der Waals surface area contributed by atoms with E-state index in [1.165, 1.54) is 6.92 Å². The summed E-state index contributed by atoms with van der Waals surface area (Å²) in [6, 6.07) is 0. The molecule has 0 aromatic heterocycles. The first-order valence-electron chi connectivity index (χ1n) is 6.76. The van der Waals surface area contributed by atoms with Gasteiger partial charge in [-0.25, -0.2) is 9.18 Å². The number of carbonyl (C=O) groups excluding carboxylic acids is 2. The summed E-state index contributed by atoms with van der Waals surface area (Å²) < 4.78 is 92.2. The molecule has 12 heteroatoms. The van der Waals surface area contributed by atoms with Crippen molar-refractivity contribution in [3.05, 3.63) is 0 Å². The number of carbonyl (C=O) groups is 2. The minimum atomic E-state index is -6.52. The second-order valence-corrected chi connectivity index (χ2v) is 7.79. The Hall–Kier alpha value is -1.43. The quantitative estimate of drug-likeness (QED) is 0.451. The number of alkyl halides is 4. The van der Waals surface area contributed by atoms with Crippen molar-refractivity contribution in [1.29, 1.82) is 0 Å². The Bertz CT molecular complexity index is 690. The van der Waals surface area contributed by atoms with Gasteiger partial charge in [0.25, 0.3) is 0 Å². The molecule has 0 spiro atoms. The van der Waals surface area contributed by atoms with E-state index in [4.69, 9.17) is 9.29 Å². The zero-order valence-electron chi connectivity index (χ0n) is 12.5. The van der Waals surface area contributed by atoms with Crippen LogP contribution in [0.4, 0.5) is 17.6 Å². The normalized spacial score (nSPS) is 36.0. The molecule has 0 radical (unpaired) electrons. The second-order valence-electron chi connectivity index (χ2n) is 6.28. The fourth-order valence-electron chi connectivity index (χ4n) is 2.95. The van der Waals surface area contributed by atoms with Gasteiger partial charge >= 0.3 is 33.2 Å². The van der Waals surface area contributed by atoms with Gasteiger partial charge < -0.3 is 9.47 Å². The van der Waals surface area contributed by atoms with Crippen molar-refractivity contribution < 1.29 is 49.6 Å². The van der Waals surface area contributed by atoms with E-state index < -0.39 is 50.4 Å². The number of fused-ring (bicyclic) bond motifs is 2. The smallest absolute Gasteiger partial charge is 0.451 e. The third-order valence-electron chi connectivity index (χ3n) is 4.68. The molecule has 138 valence electrons. The zero-order valence-corrected chi connectivity index (χ0v) is 13.3. The summed E-state index contributed by atoms with van der Waals surface area (Å²) in [6.07, 6.45) is -6.29. The van der Waals surface area contributed by atoms with Crippen LogP contribution in [0.2, 0.25) is 0 Å². The number of hydrogen-bond acceptors (Lipinski definition) is 6. The van der Waals surface area contributed by atoms with Crippen LogP contribution in [0.25, 0.3) is 0 Å². The minimum absolute atomic E-state index is 0.0206. The molecule has 1 aliphatic heterocycles. The number of halogens is 4. The lowest BCUT2D eigenvalue weighted by atomic mass is 9.71. The fourth-order valence-corrected chi connectivity index (χ4v) is 3.50. The maximum atomic E-state index is 14.0. The van der Waals surface area contributed by atoms with E-state index in [1.54, 1.807) is 0 Å². The van der Waals surface area contributed by atoms with E-state index in [0.717, 1.165) is 6.92 Å². The average molecular weight is 378 g/mol. The summed E-state index contributed by atoms with van der Waals surface area (Å²) in [5.41, 5.74) is -3.42. The van der Waals surface area contributed by atoms with Gasteiger partial charge in [0.1, 0.15) is 11.2 Å². The van der Waals surface area contributed by atoms with Crippen LogP contribution in [0.5, 0.6) is 0 Å². The Morgan fingerprint density at radius 3 is 2.33 bits per heavy atom. The van der Waals surface area contributed by atoms with Gasteiger partial charge in [-0.1, -0.05) is 0 Å². The molecule has 1 heterocycles. The first-order chi connectivity index (χ1) is 10.6. The Kier molecular flexibility index (Phi) is 3.97. The lowest BCUT2D eigenvalue weighted by Gasteiger charge is -2.44. The molecule has 0 aromatic rings. The summed E-state index contributed by atoms with van der Waals surface area (Å²) in [6.45, 7) is 2.40. The monoisotopic (exact) mass is 378 g/mol. The van der Waals surface area contributed by atoms with Crippen LogP contribution < -0.4 is 0 Å². The third kappa shape index (κ3) is 2.46. The van der Waals surface area contributed by atoms with Crippen molar-refractivity contribution in [2.45, 2.75) is 55.5 Å². The maximum Gasteiger partial charge on any atom is 0.451 e. The van der Waals surface area contributed by atoms with E-state index in [1.807, 2.05) is 0 Å². The molecule has 1 N–H and O–H groups in total. The van der Waals surface area contributed by atoms with Crippen LogP contribution in [0.3, 0.4) is 0 Å². The van der Waals surface area contributed by atoms with Crippen molar-refractivity contribution in [3.8, 4) is 0 Å². The van der Waals surface area contributed by atoms with Gasteiger partial charge in [-0.05, 0) is 26.7 Å². The van der Waals surface area contributed by atoms with Crippen molar-refractivity contribution in [2.75, 3.05) is 0 Å². The van der Waals surface area contributed by atoms with E-state index >= 15 is 0 Å². The molecule has 1 saturated carbocycles. The van der Waals surface area contributed by atoms with Crippen LogP contribution in [0, 0.1) is 5.92 Å². The summed E-state index contributed by atoms with van der Waals surface area (Å²) in [7, 11) is -6.52. The van der Waals surface area contributed by atoms with Crippen molar-refractivity contribution >= 4 is 22.1 Å². The standard InChI is InChI=1S/C12H14F4O7S/c1-9(4-3-6-5-10(9,2)22-7(6)17)23-8(18)11(13,12(14,15)16)24(19,20)21/h6H,3-5H2,1-2H3,(H,19,20,21). The molecule has 0 aromatic carbocycles. The van der Waals surface area contributed by atoms with Crippen LogP contribution in [-0.2, 0) is 29.2 Å². The Morgan fingerprint density at radius 1 is 1.33 bits per heavy atom. The molecule has 2 fully saturated rings. The van der Waals surface area contributed by atoms with Crippen LogP contribution in [0.1, 0.15) is 33.1 Å². The van der Waals surface area contributed by atoms with Gasteiger partial charge in [0.05, 0.1) is 5.92 Å². The highest BCUT2D eigenvalue weighted by atomic mass is 32.2. The van der Waals surface area contributed by atoms with Crippen molar-refractivity contribution in [2.24, 2.45) is 5.92 Å². The zero-order chi connectivity index (χ0) is 18.8. The maximum absolute atomic E-state index is 14.0. The first kappa shape index (κ1) is 18.9. The molecular formula is C12H14F4O7S. The Labute approximate surface area is 134 Å². The largest absolute Gasteiger partial charge is 0.455 e. The highest BCUT2D eigenvalue weighted by Crippen LogP contribution is 2.51. The lowest BCUT2D eigenvalue weighted by molar-refractivity contribution is -0.236. The van der Waals surface area contributed by atoms with Crippen LogP contribution in [-0.4, -0.2) is 47.3 Å². The predicted molar refractivity (Wildman–Crippen MR) is 67.8 cm³/mol. The molecule has 1 saturated heterocycles. The minimum Gasteiger partial charge on any atom is -0.455 e. The van der Waals surface area contributed by atoms with Gasteiger partial charge in [0.15, 0.2) is 0 Å². The van der Waals surface area contributed by atoms with E-state index in [9.17, 15) is 35.6 Å². The van der Waals surface area contributed by atoms with Gasteiger partial charge in [-0.3, -0.25) is 9.35 Å². The van der Waals surface area contributed by atoms with Gasteiger partial charge in [-0.15, -0.1) is 0 Å². The van der Waals surface area contributed by atoms with Gasteiger partial charge in [0.2, 0.25) is 0 Å². The predicted octanol–water partition coefficient (Wildman–Crippen LogP) is 1.52. The molecule has 0 amide bonds. The molecular weight excluding hydrogens is 364 g/mol. The molecule has 7 nitrogen and oxygen atoms in total. The molecule has 24 heavy (non-hydrogen) atoms. The lowest BCUT2D eigenvalue weighted by Crippen LogP contribution is -2.61. The summed E-state index contributed by atoms with van der Waals surface area (Å²) in [5.74, 6) is -3.99. The molecule has 1 aliphatic carbocycles. The van der Waals surface area contributed by atoms with Crippen LogP contribution in [0.15, 0.2) is 0 Å². The number of hydrogen-bond donors (Lipinski definition) is 1. The van der Waals surface area contributed by atoms with Gasteiger partial charge in [0, 0.05) is 6.42 Å². The second kappa shape index (κ2) is 5.04. The van der Waals surface area contributed by atoms with Crippen LogP contribution >= 0.6 is 0 Å². The fraction of sp³-hybridized carbons (Fsp3) is 0.833. The van der Waals surface area contributed by atoms with Crippen molar-refractivity contribution in [1.82, 2.24) is 0 Å². The Morgan fingerprint density at radius 2 is 1.88 bits per heavy atom. The highest BCUT2D eigenvalue weighted by Gasteiger charge is 2.74. The molecule has 4 atom stereocenters. The first-order valence-corrected chi connectivity index (χ1v) is 8.20. The molecule has 2 aliphatic rings. The summed E-state index contributed by atoms with van der Waals surface area (Å²) in [5, 5.41) is -5.64. The van der Waals surface area contributed by atoms with Crippen molar-refractivity contribution in [3.63, 3.8) is 0 Å². The number of esters is 2. The average Bonchev–Trinajstić information content (AvgIpc) is 2.64. The van der Waals surface area contributed by atoms with E-state index in [0.29, 0.717) is 0 Å². The topological polar surface area (TPSA) is 107 Å².